The van der Waals surface area contributed by atoms with Crippen molar-refractivity contribution in [2.24, 2.45) is 5.92 Å². The highest BCUT2D eigenvalue weighted by atomic mass is 35.5. The van der Waals surface area contributed by atoms with Gasteiger partial charge in [-0.1, -0.05) is 29.8 Å². The number of para-hydroxylation sites is 1. The van der Waals surface area contributed by atoms with E-state index in [-0.39, 0.29) is 18.9 Å². The number of rotatable bonds is 3. The molecule has 3 rings (SSSR count). The third kappa shape index (κ3) is 2.91. The topological polar surface area (TPSA) is 67.3 Å². The van der Waals surface area contributed by atoms with E-state index in [1.54, 1.807) is 12.1 Å². The van der Waals surface area contributed by atoms with E-state index in [0.29, 0.717) is 21.6 Å². The molecule has 1 aliphatic rings. The molecule has 0 radical (unpaired) electrons. The standard InChI is InChI=1S/C14H12ClFN2O3S/c15-14-10-3-1-2-4-11(10)17-6-12(14)18-7-9(5-13(18)19)8-22(16,20)21/h1-4,6,9H,5,7-8H2. The van der Waals surface area contributed by atoms with Crippen LogP contribution >= 0.6 is 11.6 Å². The third-order valence-corrected chi connectivity index (χ3v) is 4.89. The number of carbonyl (C=O) groups is 1. The van der Waals surface area contributed by atoms with Crippen LogP contribution in [0.2, 0.25) is 5.02 Å². The second kappa shape index (κ2) is 5.48. The number of aromatic nitrogens is 1. The third-order valence-electron chi connectivity index (χ3n) is 3.62. The molecule has 1 aromatic carbocycles. The van der Waals surface area contributed by atoms with Crippen molar-refractivity contribution in [3.05, 3.63) is 35.5 Å². The molecule has 116 valence electrons. The summed E-state index contributed by atoms with van der Waals surface area (Å²) in [6.45, 7) is 0.113. The highest BCUT2D eigenvalue weighted by molar-refractivity contribution is 7.86. The Morgan fingerprint density at radius 1 is 1.36 bits per heavy atom. The highest BCUT2D eigenvalue weighted by Crippen LogP contribution is 2.35. The number of carbonyl (C=O) groups excluding carboxylic acids is 1. The van der Waals surface area contributed by atoms with Gasteiger partial charge in [-0.3, -0.25) is 9.78 Å². The molecule has 1 amide bonds. The van der Waals surface area contributed by atoms with Crippen LogP contribution in [-0.2, 0) is 15.0 Å². The molecule has 2 aromatic rings. The molecule has 1 unspecified atom stereocenters. The van der Waals surface area contributed by atoms with Crippen molar-refractivity contribution >= 4 is 44.3 Å². The molecule has 0 N–H and O–H groups in total. The van der Waals surface area contributed by atoms with Gasteiger partial charge in [-0.15, -0.1) is 3.89 Å². The lowest BCUT2D eigenvalue weighted by atomic mass is 10.1. The molecule has 0 spiro atoms. The molecular weight excluding hydrogens is 331 g/mol. The predicted molar refractivity (Wildman–Crippen MR) is 82.1 cm³/mol. The summed E-state index contributed by atoms with van der Waals surface area (Å²) in [4.78, 5) is 17.7. The van der Waals surface area contributed by atoms with Gasteiger partial charge in [0.1, 0.15) is 0 Å². The monoisotopic (exact) mass is 342 g/mol. The Bertz CT molecular complexity index is 856. The molecule has 1 aromatic heterocycles. The summed E-state index contributed by atoms with van der Waals surface area (Å²) < 4.78 is 34.3. The molecule has 5 nitrogen and oxygen atoms in total. The first kappa shape index (κ1) is 15.2. The SMILES string of the molecule is O=C1CC(CS(=O)(=O)F)CN1c1cnc2ccccc2c1Cl. The second-order valence-electron chi connectivity index (χ2n) is 5.25. The fourth-order valence-electron chi connectivity index (χ4n) is 2.69. The number of fused-ring (bicyclic) bond motifs is 1. The average Bonchev–Trinajstić information content (AvgIpc) is 2.78. The molecule has 8 heteroatoms. The van der Waals surface area contributed by atoms with Crippen LogP contribution in [0, 0.1) is 5.92 Å². The van der Waals surface area contributed by atoms with E-state index >= 15 is 0 Å². The van der Waals surface area contributed by atoms with Crippen molar-refractivity contribution < 1.29 is 17.1 Å². The van der Waals surface area contributed by atoms with Crippen LogP contribution in [0.5, 0.6) is 0 Å². The summed E-state index contributed by atoms with van der Waals surface area (Å²) in [5.74, 6) is -1.52. The fraction of sp³-hybridized carbons (Fsp3) is 0.286. The largest absolute Gasteiger partial charge is 0.309 e. The molecule has 0 saturated carbocycles. The van der Waals surface area contributed by atoms with Crippen molar-refractivity contribution in [1.82, 2.24) is 4.98 Å². The Labute approximate surface area is 131 Å². The number of pyridine rings is 1. The molecule has 0 bridgehead atoms. The van der Waals surface area contributed by atoms with Gasteiger partial charge in [0.2, 0.25) is 5.91 Å². The number of hydrogen-bond acceptors (Lipinski definition) is 4. The lowest BCUT2D eigenvalue weighted by Crippen LogP contribution is -2.25. The first-order chi connectivity index (χ1) is 10.3. The molecule has 1 aliphatic heterocycles. The number of anilines is 1. The zero-order valence-corrected chi connectivity index (χ0v) is 12.9. The van der Waals surface area contributed by atoms with Crippen LogP contribution in [0.3, 0.4) is 0 Å². The van der Waals surface area contributed by atoms with Gasteiger partial charge in [0.25, 0.3) is 0 Å². The number of hydrogen-bond donors (Lipinski definition) is 0. The van der Waals surface area contributed by atoms with Gasteiger partial charge in [0.05, 0.1) is 28.2 Å². The minimum atomic E-state index is -4.61. The molecule has 2 heterocycles. The van der Waals surface area contributed by atoms with Crippen molar-refractivity contribution in [2.75, 3.05) is 17.2 Å². The zero-order valence-electron chi connectivity index (χ0n) is 11.4. The van der Waals surface area contributed by atoms with Crippen LogP contribution in [0.15, 0.2) is 30.5 Å². The molecule has 1 atom stereocenters. The normalized spacial score (nSPS) is 19.1. The van der Waals surface area contributed by atoms with Gasteiger partial charge in [0, 0.05) is 24.3 Å². The second-order valence-corrected chi connectivity index (χ2v) is 7.04. The summed E-state index contributed by atoms with van der Waals surface area (Å²) in [5, 5.41) is 1.08. The van der Waals surface area contributed by atoms with Crippen LogP contribution in [0.25, 0.3) is 10.9 Å². The van der Waals surface area contributed by atoms with Crippen LogP contribution in [-0.4, -0.2) is 31.6 Å². The van der Waals surface area contributed by atoms with E-state index < -0.39 is 21.9 Å². The summed E-state index contributed by atoms with van der Waals surface area (Å²) in [5.41, 5.74) is 1.12. The molecule has 1 fully saturated rings. The fourth-order valence-corrected chi connectivity index (χ4v) is 3.79. The number of halogens is 2. The van der Waals surface area contributed by atoms with Crippen LogP contribution in [0.4, 0.5) is 9.57 Å². The first-order valence-corrected chi connectivity index (χ1v) is 8.54. The first-order valence-electron chi connectivity index (χ1n) is 6.61. The van der Waals surface area contributed by atoms with Gasteiger partial charge in [-0.25, -0.2) is 0 Å². The summed E-state index contributed by atoms with van der Waals surface area (Å²) in [6, 6.07) is 7.23. The molecule has 22 heavy (non-hydrogen) atoms. The minimum Gasteiger partial charge on any atom is -0.309 e. The van der Waals surface area contributed by atoms with E-state index in [9.17, 15) is 17.1 Å². The van der Waals surface area contributed by atoms with E-state index in [1.807, 2.05) is 12.1 Å². The number of nitrogens with zero attached hydrogens (tertiary/aromatic N) is 2. The highest BCUT2D eigenvalue weighted by Gasteiger charge is 2.34. The summed E-state index contributed by atoms with van der Waals surface area (Å²) in [6.07, 6.45) is 1.46. The molecular formula is C14H12ClFN2O3S. The van der Waals surface area contributed by atoms with Gasteiger partial charge in [-0.2, -0.15) is 8.42 Å². The van der Waals surface area contributed by atoms with Gasteiger partial charge < -0.3 is 4.90 Å². The van der Waals surface area contributed by atoms with Gasteiger partial charge in [-0.05, 0) is 6.07 Å². The van der Waals surface area contributed by atoms with E-state index in [2.05, 4.69) is 4.98 Å². The Morgan fingerprint density at radius 2 is 2.09 bits per heavy atom. The Kier molecular flexibility index (Phi) is 3.78. The number of benzene rings is 1. The van der Waals surface area contributed by atoms with Crippen molar-refractivity contribution in [3.8, 4) is 0 Å². The maximum absolute atomic E-state index is 12.8. The Hall–Kier alpha value is -1.73. The lowest BCUT2D eigenvalue weighted by molar-refractivity contribution is -0.117. The van der Waals surface area contributed by atoms with Crippen LogP contribution < -0.4 is 4.90 Å². The van der Waals surface area contributed by atoms with Gasteiger partial charge in [0.15, 0.2) is 0 Å². The Morgan fingerprint density at radius 3 is 2.82 bits per heavy atom. The van der Waals surface area contributed by atoms with Crippen molar-refractivity contribution in [1.29, 1.82) is 0 Å². The molecule has 0 aliphatic carbocycles. The van der Waals surface area contributed by atoms with E-state index in [4.69, 9.17) is 11.6 Å². The van der Waals surface area contributed by atoms with E-state index in [0.717, 1.165) is 0 Å². The predicted octanol–water partition coefficient (Wildman–Crippen LogP) is 2.54. The smallest absolute Gasteiger partial charge is 0.302 e. The maximum atomic E-state index is 12.8. The maximum Gasteiger partial charge on any atom is 0.302 e. The average molecular weight is 343 g/mol. The zero-order chi connectivity index (χ0) is 15.9. The Balaban J connectivity index is 1.94. The number of amides is 1. The van der Waals surface area contributed by atoms with Crippen molar-refractivity contribution in [2.45, 2.75) is 6.42 Å². The quantitative estimate of drug-likeness (QED) is 0.804. The summed E-state index contributed by atoms with van der Waals surface area (Å²) >= 11 is 6.34. The van der Waals surface area contributed by atoms with Gasteiger partial charge >= 0.3 is 10.2 Å². The summed E-state index contributed by atoms with van der Waals surface area (Å²) in [7, 11) is -4.61. The molecule has 1 saturated heterocycles. The lowest BCUT2D eigenvalue weighted by Gasteiger charge is -2.18. The van der Waals surface area contributed by atoms with E-state index in [1.165, 1.54) is 11.1 Å². The van der Waals surface area contributed by atoms with Crippen LogP contribution in [0.1, 0.15) is 6.42 Å². The minimum absolute atomic E-state index is 0.0215. The van der Waals surface area contributed by atoms with Crippen molar-refractivity contribution in [3.63, 3.8) is 0 Å².